The summed E-state index contributed by atoms with van der Waals surface area (Å²) in [4.78, 5) is 75.0. The van der Waals surface area contributed by atoms with Crippen molar-refractivity contribution in [3.63, 3.8) is 0 Å². The molecule has 2 aromatic carbocycles. The van der Waals surface area contributed by atoms with E-state index < -0.39 is 91.3 Å². The zero-order chi connectivity index (χ0) is 38.1. The molecule has 280 valence electrons. The molecule has 37 heteroatoms. The lowest BCUT2D eigenvalue weighted by Gasteiger charge is -2.20. The maximum atomic E-state index is 12.4. The minimum absolute atomic E-state index is 0.115. The van der Waals surface area contributed by atoms with E-state index in [0.29, 0.717) is 36.4 Å². The number of rotatable bonds is 18. The Morgan fingerprint density at radius 1 is 0.429 bits per heavy atom. The smallest absolute Gasteiger partial charge is 0.404 e. The second-order valence-corrected chi connectivity index (χ2v) is 26.0. The number of phosphoric acid groups is 4. The van der Waals surface area contributed by atoms with Gasteiger partial charge < -0.3 is 37.7 Å². The molecule has 0 aliphatic heterocycles. The van der Waals surface area contributed by atoms with Crippen LogP contribution in [0.5, 0.6) is 23.0 Å². The molecule has 0 radical (unpaired) electrons. The van der Waals surface area contributed by atoms with E-state index >= 15 is 0 Å². The molecule has 0 aromatic heterocycles. The topological polar surface area (TPSA) is 372 Å². The van der Waals surface area contributed by atoms with Crippen molar-refractivity contribution in [1.29, 1.82) is 0 Å². The Morgan fingerprint density at radius 3 is 0.918 bits per heavy atom. The van der Waals surface area contributed by atoms with Crippen LogP contribution in [0.25, 0.3) is 0 Å². The molecule has 49 heavy (non-hydrogen) atoms. The van der Waals surface area contributed by atoms with Gasteiger partial charge in [-0.2, -0.15) is 17.2 Å². The van der Waals surface area contributed by atoms with Gasteiger partial charge in [0.25, 0.3) is 0 Å². The highest BCUT2D eigenvalue weighted by Gasteiger charge is 2.37. The first-order chi connectivity index (χ1) is 21.6. The van der Waals surface area contributed by atoms with Crippen molar-refractivity contribution < 1.29 is 111 Å². The average Bonchev–Trinajstić information content (AvgIpc) is 2.75. The van der Waals surface area contributed by atoms with Crippen LogP contribution in [0.3, 0.4) is 0 Å². The normalized spacial score (nSPS) is 21.8. The Bertz CT molecular complexity index is 1810. The summed E-state index contributed by atoms with van der Waals surface area (Å²) >= 11 is 12.4. The van der Waals surface area contributed by atoms with Crippen molar-refractivity contribution in [3.05, 3.63) is 36.4 Å². The molecule has 0 aliphatic rings. The summed E-state index contributed by atoms with van der Waals surface area (Å²) in [7, 11) is -22.2. The average molecular weight is 954 g/mol. The Kier molecular flexibility index (Phi) is 15.6. The van der Waals surface area contributed by atoms with Gasteiger partial charge in [0.15, 0.2) is 0 Å². The van der Waals surface area contributed by atoms with Gasteiger partial charge in [-0.05, 0) is 36.4 Å². The van der Waals surface area contributed by atoms with E-state index in [-0.39, 0.29) is 11.8 Å². The van der Waals surface area contributed by atoms with Crippen LogP contribution in [-0.4, -0.2) is 39.1 Å². The highest BCUT2D eigenvalue weighted by molar-refractivity contribution is 8.45. The molecule has 0 amide bonds. The van der Waals surface area contributed by atoms with Crippen LogP contribution >= 0.6 is 119 Å². The van der Waals surface area contributed by atoms with E-state index in [1.54, 1.807) is 0 Å². The second-order valence-electron chi connectivity index (χ2n) is 7.85. The zero-order valence-electron chi connectivity index (χ0n) is 22.3. The van der Waals surface area contributed by atoms with E-state index in [2.05, 4.69) is 75.3 Å². The number of benzene rings is 2. The molecule has 2 rings (SSSR count). The maximum Gasteiger partial charge on any atom is 0.535 e. The quantitative estimate of drug-likeness (QED) is 0.0607. The highest BCUT2D eigenvalue weighted by atomic mass is 32.7. The molecule has 8 N–H and O–H groups in total. The number of hydrogen-bond donors (Lipinski definition) is 12. The van der Waals surface area contributed by atoms with Gasteiger partial charge in [-0.3, -0.25) is 19.6 Å². The van der Waals surface area contributed by atoms with E-state index in [0.717, 1.165) is 0 Å². The van der Waals surface area contributed by atoms with Crippen molar-refractivity contribution in [2.24, 2.45) is 0 Å². The lowest BCUT2D eigenvalue weighted by Crippen LogP contribution is -1.99. The van der Waals surface area contributed by atoms with E-state index in [1.807, 2.05) is 0 Å². The van der Waals surface area contributed by atoms with Crippen molar-refractivity contribution in [1.82, 2.24) is 0 Å². The van der Waals surface area contributed by atoms with Crippen LogP contribution in [0.15, 0.2) is 46.2 Å². The summed E-state index contributed by atoms with van der Waals surface area (Å²) < 4.78 is 129. The van der Waals surface area contributed by atoms with Crippen LogP contribution in [0.4, 0.5) is 0 Å². The lowest BCUT2D eigenvalue weighted by molar-refractivity contribution is 0.270. The first kappa shape index (κ1) is 45.9. The van der Waals surface area contributed by atoms with Gasteiger partial charge in [-0.25, -0.2) is 36.5 Å². The van der Waals surface area contributed by atoms with E-state index in [1.165, 1.54) is 0 Å². The highest BCUT2D eigenvalue weighted by Crippen LogP contribution is 2.66. The van der Waals surface area contributed by atoms with Crippen molar-refractivity contribution in [2.45, 2.75) is 9.79 Å². The minimum atomic E-state index is -5.60. The third-order valence-corrected chi connectivity index (χ3v) is 15.9. The zero-order valence-corrected chi connectivity index (χ0v) is 33.9. The fourth-order valence-electron chi connectivity index (χ4n) is 2.64. The molecular weight excluding hydrogens is 936 g/mol. The Hall–Kier alpha value is 0.750. The number of hydrogen-bond acceptors (Lipinski definition) is 17. The third-order valence-electron chi connectivity index (χ3n) is 3.76. The third kappa shape index (κ3) is 19.1. The molecule has 0 bridgehead atoms. The Labute approximate surface area is 298 Å². The van der Waals surface area contributed by atoms with Gasteiger partial charge in [0, 0.05) is 0 Å². The Balaban J connectivity index is 2.77. The molecule has 0 aliphatic carbocycles. The molecule has 0 saturated heterocycles. The van der Waals surface area contributed by atoms with Crippen LogP contribution in [0, 0.1) is 0 Å². The summed E-state index contributed by atoms with van der Waals surface area (Å²) in [5.41, 5.74) is 0. The van der Waals surface area contributed by atoms with E-state index in [9.17, 15) is 65.9 Å². The van der Waals surface area contributed by atoms with Crippen molar-refractivity contribution in [3.8, 4) is 23.0 Å². The first-order valence-corrected chi connectivity index (χ1v) is 28.5. The molecule has 8 atom stereocenters. The summed E-state index contributed by atoms with van der Waals surface area (Å²) in [6, 6.07) is 3.92. The van der Waals surface area contributed by atoms with Crippen LogP contribution < -0.4 is 18.1 Å². The standard InChI is InChI=1S/C12H18O24P8S5/c13-37(14,33-41(21,22)45)29-7-1-3-9(31-39(17,18)35-43(25,26)47)11(5-7)49-12-6-8(30-38(15,16)34-42(23,24)46)2-4-10(12)32-40(19,20)36-44(27,28)48/h1-6H,(H,13,14)(H,15,16)(H,17,18)(H,19,20)(H2,21,22,45)(H2,23,24,46)(H2,25,26,47)(H2,27,28,48). The molecule has 0 heterocycles. The minimum Gasteiger partial charge on any atom is -0.404 e. The van der Waals surface area contributed by atoms with Crippen LogP contribution in [0.1, 0.15) is 0 Å². The van der Waals surface area contributed by atoms with Gasteiger partial charge in [0.2, 0.25) is 0 Å². The van der Waals surface area contributed by atoms with Crippen LogP contribution in [-0.2, 0) is 53.8 Å². The second kappa shape index (κ2) is 16.6. The maximum absolute atomic E-state index is 12.4. The lowest BCUT2D eigenvalue weighted by atomic mass is 10.3. The number of phosphoric ester groups is 4. The largest absolute Gasteiger partial charge is 0.535 e. The molecule has 2 aromatic rings. The molecule has 0 spiro atoms. The summed E-state index contributed by atoms with van der Waals surface area (Å²) in [5, 5.41) is 0. The van der Waals surface area contributed by atoms with Gasteiger partial charge in [-0.15, -0.1) is 0 Å². The molecule has 0 fully saturated rings. The predicted molar refractivity (Wildman–Crippen MR) is 178 cm³/mol. The fourth-order valence-corrected chi connectivity index (χ4v) is 13.5. The SMILES string of the molecule is O=P(O)(S)OP(=O)(O)Oc1ccc(OP(=O)(O)OP(=O)(O)S)c(Sc2cc(OP(=O)(O)OP(=O)(O)S)ccc2OP(=O)(O)OP(=O)(O)S)c1. The Morgan fingerprint density at radius 2 is 0.673 bits per heavy atom. The first-order valence-electron chi connectivity index (χ1n) is 10.8. The molecule has 0 saturated carbocycles. The summed E-state index contributed by atoms with van der Waals surface area (Å²) in [6.45, 7) is -20.0. The molecule has 8 unspecified atom stereocenters. The summed E-state index contributed by atoms with van der Waals surface area (Å²) in [5.74, 6) is -3.32. The van der Waals surface area contributed by atoms with Gasteiger partial charge in [-0.1, -0.05) is 60.8 Å². The van der Waals surface area contributed by atoms with Crippen molar-refractivity contribution in [2.75, 3.05) is 0 Å². The van der Waals surface area contributed by atoms with Crippen molar-refractivity contribution >= 4 is 119 Å². The summed E-state index contributed by atoms with van der Waals surface area (Å²) in [6.07, 6.45) is 0. The fraction of sp³-hybridized carbons (Fsp3) is 0. The molecular formula is C12H18O24P8S5. The van der Waals surface area contributed by atoms with E-state index in [4.69, 9.17) is 18.8 Å². The van der Waals surface area contributed by atoms with Gasteiger partial charge in [0.05, 0.1) is 9.79 Å². The van der Waals surface area contributed by atoms with Gasteiger partial charge >= 0.3 is 58.5 Å². The molecule has 24 nitrogen and oxygen atoms in total. The van der Waals surface area contributed by atoms with Gasteiger partial charge in [0.1, 0.15) is 23.0 Å². The number of thiol groups is 4. The predicted octanol–water partition coefficient (Wildman–Crippen LogP) is 5.94. The van der Waals surface area contributed by atoms with Crippen LogP contribution in [0.2, 0.25) is 0 Å². The monoisotopic (exact) mass is 954 g/mol.